The van der Waals surface area contributed by atoms with Gasteiger partial charge in [-0.05, 0) is 13.5 Å². The summed E-state index contributed by atoms with van der Waals surface area (Å²) in [5, 5.41) is 6.50. The normalized spacial score (nSPS) is 11.9. The second-order valence-electron chi connectivity index (χ2n) is 3.72. The van der Waals surface area contributed by atoms with Crippen LogP contribution in [0.4, 0.5) is 0 Å². The van der Waals surface area contributed by atoms with Crippen LogP contribution >= 0.6 is 0 Å². The van der Waals surface area contributed by atoms with E-state index >= 15 is 0 Å². The quantitative estimate of drug-likeness (QED) is 0.460. The second-order valence-corrected chi connectivity index (χ2v) is 3.72. The first-order valence-corrected chi connectivity index (χ1v) is 5.86. The van der Waals surface area contributed by atoms with E-state index in [4.69, 9.17) is 4.74 Å². The van der Waals surface area contributed by atoms with Crippen LogP contribution in [0.15, 0.2) is 4.99 Å². The lowest BCUT2D eigenvalue weighted by atomic mass is 10.5. The molecule has 0 unspecified atom stereocenters. The standard InChI is InChI=1S/C11H26N4O/c1-5-6-13-11(12-2)14-7-8-15(3)9-10-16-4/h5-10H2,1-4H3,(H2,12,13,14). The fourth-order valence-corrected chi connectivity index (χ4v) is 1.19. The van der Waals surface area contributed by atoms with Crippen LogP contribution in [0.1, 0.15) is 13.3 Å². The molecule has 96 valence electrons. The molecule has 0 aliphatic carbocycles. The highest BCUT2D eigenvalue weighted by Crippen LogP contribution is 1.81. The van der Waals surface area contributed by atoms with Crippen LogP contribution in [0.25, 0.3) is 0 Å². The van der Waals surface area contributed by atoms with Crippen molar-refractivity contribution >= 4 is 5.96 Å². The van der Waals surface area contributed by atoms with Gasteiger partial charge in [0.25, 0.3) is 0 Å². The molecule has 0 spiro atoms. The highest BCUT2D eigenvalue weighted by Gasteiger charge is 1.99. The van der Waals surface area contributed by atoms with E-state index in [-0.39, 0.29) is 0 Å². The summed E-state index contributed by atoms with van der Waals surface area (Å²) in [5.41, 5.74) is 0. The number of nitrogens with one attached hydrogen (secondary N) is 2. The molecule has 0 rings (SSSR count). The average molecular weight is 230 g/mol. The van der Waals surface area contributed by atoms with Gasteiger partial charge < -0.3 is 20.3 Å². The van der Waals surface area contributed by atoms with Crippen LogP contribution < -0.4 is 10.6 Å². The number of guanidine groups is 1. The number of rotatable bonds is 8. The Morgan fingerprint density at radius 1 is 1.25 bits per heavy atom. The Labute approximate surface area is 99.3 Å². The first-order valence-electron chi connectivity index (χ1n) is 5.86. The number of hydrogen-bond donors (Lipinski definition) is 2. The summed E-state index contributed by atoms with van der Waals surface area (Å²) in [4.78, 5) is 6.36. The number of hydrogen-bond acceptors (Lipinski definition) is 3. The van der Waals surface area contributed by atoms with E-state index < -0.39 is 0 Å². The highest BCUT2D eigenvalue weighted by atomic mass is 16.5. The Kier molecular flexibility index (Phi) is 10.2. The zero-order valence-corrected chi connectivity index (χ0v) is 11.0. The predicted octanol–water partition coefficient (Wildman–Crippen LogP) is 0.140. The molecule has 0 fully saturated rings. The van der Waals surface area contributed by atoms with Crippen molar-refractivity contribution in [3.8, 4) is 0 Å². The van der Waals surface area contributed by atoms with Crippen molar-refractivity contribution in [3.63, 3.8) is 0 Å². The minimum atomic E-state index is 0.777. The molecule has 0 amide bonds. The molecule has 0 aromatic carbocycles. The van der Waals surface area contributed by atoms with Crippen molar-refractivity contribution in [2.75, 3.05) is 54.0 Å². The minimum Gasteiger partial charge on any atom is -0.383 e. The van der Waals surface area contributed by atoms with Gasteiger partial charge in [0.05, 0.1) is 6.61 Å². The van der Waals surface area contributed by atoms with E-state index in [9.17, 15) is 0 Å². The van der Waals surface area contributed by atoms with E-state index in [0.717, 1.165) is 45.2 Å². The number of methoxy groups -OCH3 is 1. The van der Waals surface area contributed by atoms with E-state index in [1.54, 1.807) is 14.2 Å². The largest absolute Gasteiger partial charge is 0.383 e. The van der Waals surface area contributed by atoms with Crippen molar-refractivity contribution in [2.24, 2.45) is 4.99 Å². The lowest BCUT2D eigenvalue weighted by Gasteiger charge is -2.17. The molecule has 2 N–H and O–H groups in total. The van der Waals surface area contributed by atoms with E-state index in [1.165, 1.54) is 0 Å². The first kappa shape index (κ1) is 15.2. The highest BCUT2D eigenvalue weighted by molar-refractivity contribution is 5.79. The maximum absolute atomic E-state index is 5.02. The molecule has 0 aliphatic rings. The predicted molar refractivity (Wildman–Crippen MR) is 69.0 cm³/mol. The van der Waals surface area contributed by atoms with Gasteiger partial charge in [-0.1, -0.05) is 6.92 Å². The van der Waals surface area contributed by atoms with Crippen LogP contribution in [0, 0.1) is 0 Å². The summed E-state index contributed by atoms with van der Waals surface area (Å²) in [7, 11) is 5.60. The van der Waals surface area contributed by atoms with Gasteiger partial charge in [-0.15, -0.1) is 0 Å². The number of aliphatic imine (C=N–C) groups is 1. The third-order valence-electron chi connectivity index (χ3n) is 2.23. The van der Waals surface area contributed by atoms with Crippen molar-refractivity contribution in [1.82, 2.24) is 15.5 Å². The topological polar surface area (TPSA) is 48.9 Å². The molecule has 0 aliphatic heterocycles. The Morgan fingerprint density at radius 3 is 2.50 bits per heavy atom. The van der Waals surface area contributed by atoms with Crippen LogP contribution in [-0.4, -0.2) is 64.9 Å². The Balaban J connectivity index is 3.54. The minimum absolute atomic E-state index is 0.777. The number of ether oxygens (including phenoxy) is 1. The lowest BCUT2D eigenvalue weighted by Crippen LogP contribution is -2.41. The van der Waals surface area contributed by atoms with Gasteiger partial charge >= 0.3 is 0 Å². The van der Waals surface area contributed by atoms with Gasteiger partial charge in [0.15, 0.2) is 5.96 Å². The average Bonchev–Trinajstić information content (AvgIpc) is 2.30. The summed E-state index contributed by atoms with van der Waals surface area (Å²) >= 11 is 0. The Morgan fingerprint density at radius 2 is 1.94 bits per heavy atom. The van der Waals surface area contributed by atoms with Gasteiger partial charge in [0.2, 0.25) is 0 Å². The van der Waals surface area contributed by atoms with Crippen LogP contribution in [-0.2, 0) is 4.74 Å². The molecule has 0 heterocycles. The zero-order valence-electron chi connectivity index (χ0n) is 11.0. The Hall–Kier alpha value is -0.810. The molecular formula is C11H26N4O. The summed E-state index contributed by atoms with van der Waals surface area (Å²) in [5.74, 6) is 0.877. The summed E-state index contributed by atoms with van der Waals surface area (Å²) < 4.78 is 5.02. The lowest BCUT2D eigenvalue weighted by molar-refractivity contribution is 0.162. The van der Waals surface area contributed by atoms with Crippen molar-refractivity contribution in [2.45, 2.75) is 13.3 Å². The molecule has 5 heteroatoms. The molecular weight excluding hydrogens is 204 g/mol. The number of nitrogens with zero attached hydrogens (tertiary/aromatic N) is 2. The SMILES string of the molecule is CCCNC(=NC)NCCN(C)CCOC. The molecule has 0 bridgehead atoms. The maximum atomic E-state index is 5.02. The molecule has 0 atom stereocenters. The van der Waals surface area contributed by atoms with Gasteiger partial charge in [-0.25, -0.2) is 0 Å². The van der Waals surface area contributed by atoms with Gasteiger partial charge in [0, 0.05) is 40.3 Å². The Bertz CT molecular complexity index is 185. The third kappa shape index (κ3) is 8.49. The number of likely N-dealkylation sites (N-methyl/N-ethyl adjacent to an activating group) is 1. The fourth-order valence-electron chi connectivity index (χ4n) is 1.19. The van der Waals surface area contributed by atoms with Gasteiger partial charge in [-0.2, -0.15) is 0 Å². The summed E-state index contributed by atoms with van der Waals surface area (Å²) in [6.45, 7) is 6.70. The molecule has 0 aromatic rings. The molecule has 0 aromatic heterocycles. The fraction of sp³-hybridized carbons (Fsp3) is 0.909. The molecule has 0 radical (unpaired) electrons. The van der Waals surface area contributed by atoms with Crippen LogP contribution in [0.3, 0.4) is 0 Å². The molecule has 0 saturated heterocycles. The monoisotopic (exact) mass is 230 g/mol. The van der Waals surface area contributed by atoms with Crippen LogP contribution in [0.2, 0.25) is 0 Å². The molecule has 0 saturated carbocycles. The smallest absolute Gasteiger partial charge is 0.191 e. The maximum Gasteiger partial charge on any atom is 0.191 e. The zero-order chi connectivity index (χ0) is 12.2. The summed E-state index contributed by atoms with van der Waals surface area (Å²) in [6, 6.07) is 0. The third-order valence-corrected chi connectivity index (χ3v) is 2.23. The van der Waals surface area contributed by atoms with Crippen molar-refractivity contribution < 1.29 is 4.74 Å². The van der Waals surface area contributed by atoms with Crippen LogP contribution in [0.5, 0.6) is 0 Å². The second kappa shape index (κ2) is 10.7. The van der Waals surface area contributed by atoms with E-state index in [0.29, 0.717) is 0 Å². The molecule has 5 nitrogen and oxygen atoms in total. The van der Waals surface area contributed by atoms with Gasteiger partial charge in [0.1, 0.15) is 0 Å². The summed E-state index contributed by atoms with van der Waals surface area (Å²) in [6.07, 6.45) is 1.11. The first-order chi connectivity index (χ1) is 7.74. The molecule has 16 heavy (non-hydrogen) atoms. The van der Waals surface area contributed by atoms with E-state index in [2.05, 4.69) is 34.5 Å². The van der Waals surface area contributed by atoms with Crippen molar-refractivity contribution in [1.29, 1.82) is 0 Å². The van der Waals surface area contributed by atoms with Gasteiger partial charge in [-0.3, -0.25) is 4.99 Å². The van der Waals surface area contributed by atoms with Crippen molar-refractivity contribution in [3.05, 3.63) is 0 Å². The van der Waals surface area contributed by atoms with E-state index in [1.807, 2.05) is 0 Å².